The van der Waals surface area contributed by atoms with Gasteiger partial charge >= 0.3 is 0 Å². The lowest BCUT2D eigenvalue weighted by atomic mass is 10.0. The molecule has 7 heteroatoms. The molecule has 4 aromatic heterocycles. The third kappa shape index (κ3) is 4.91. The molecule has 10 rings (SSSR count). The van der Waals surface area contributed by atoms with Gasteiger partial charge < -0.3 is 13.7 Å². The van der Waals surface area contributed by atoms with Gasteiger partial charge in [-0.3, -0.25) is 4.98 Å². The fourth-order valence-electron chi connectivity index (χ4n) is 6.52. The topological polar surface area (TPSA) is 68.2 Å². The lowest BCUT2D eigenvalue weighted by Crippen LogP contribution is -2.09. The average molecular weight is 663 g/mol. The van der Waals surface area contributed by atoms with Crippen molar-refractivity contribution in [3.05, 3.63) is 158 Å². The number of thiophene rings is 1. The second kappa shape index (κ2) is 11.5. The Kier molecular flexibility index (Phi) is 6.57. The van der Waals surface area contributed by atoms with Crippen molar-refractivity contribution in [2.75, 3.05) is 4.90 Å². The highest BCUT2D eigenvalue weighted by atomic mass is 32.1. The Labute approximate surface area is 290 Å². The van der Waals surface area contributed by atoms with E-state index in [1.165, 1.54) is 20.3 Å². The van der Waals surface area contributed by atoms with Crippen LogP contribution in [0.1, 0.15) is 0 Å². The maximum Gasteiger partial charge on any atom is 0.227 e. The smallest absolute Gasteiger partial charge is 0.227 e. The summed E-state index contributed by atoms with van der Waals surface area (Å²) in [7, 11) is 0. The van der Waals surface area contributed by atoms with Gasteiger partial charge in [0.2, 0.25) is 11.8 Å². The normalized spacial score (nSPS) is 11.6. The first kappa shape index (κ1) is 28.4. The van der Waals surface area contributed by atoms with Crippen molar-refractivity contribution in [3.8, 4) is 34.0 Å². The van der Waals surface area contributed by atoms with Crippen molar-refractivity contribution >= 4 is 70.9 Å². The molecule has 0 unspecified atom stereocenters. The van der Waals surface area contributed by atoms with Gasteiger partial charge in [-0.25, -0.2) is 9.97 Å². The molecular formula is C43H26N4O2S. The number of benzene rings is 6. The molecule has 0 bridgehead atoms. The maximum atomic E-state index is 6.06. The Morgan fingerprint density at radius 2 is 0.980 bits per heavy atom. The highest BCUT2D eigenvalue weighted by molar-refractivity contribution is 7.25. The lowest BCUT2D eigenvalue weighted by Gasteiger charge is -2.26. The Morgan fingerprint density at radius 3 is 1.54 bits per heavy atom. The summed E-state index contributed by atoms with van der Waals surface area (Å²) in [5.74, 6) is 1.20. The van der Waals surface area contributed by atoms with Crippen LogP contribution in [0.15, 0.2) is 167 Å². The predicted molar refractivity (Wildman–Crippen MR) is 203 cm³/mol. The zero-order valence-corrected chi connectivity index (χ0v) is 27.3. The molecule has 0 aliphatic carbocycles. The third-order valence-electron chi connectivity index (χ3n) is 9.02. The fourth-order valence-corrected chi connectivity index (χ4v) is 7.63. The van der Waals surface area contributed by atoms with Crippen molar-refractivity contribution in [1.29, 1.82) is 0 Å². The van der Waals surface area contributed by atoms with Crippen LogP contribution in [-0.4, -0.2) is 15.0 Å². The molecule has 10 aromatic rings. The summed E-state index contributed by atoms with van der Waals surface area (Å²) in [5.41, 5.74) is 11.5. The minimum absolute atomic E-state index is 0.600. The molecule has 6 aromatic carbocycles. The average Bonchev–Trinajstić information content (AvgIpc) is 3.91. The van der Waals surface area contributed by atoms with Crippen LogP contribution in [0.25, 0.3) is 76.5 Å². The van der Waals surface area contributed by atoms with Crippen LogP contribution in [0.5, 0.6) is 0 Å². The van der Waals surface area contributed by atoms with Gasteiger partial charge in [0.05, 0.1) is 10.2 Å². The Balaban J connectivity index is 1.02. The molecule has 0 aliphatic heterocycles. The number of hydrogen-bond donors (Lipinski definition) is 0. The molecule has 0 fully saturated rings. The molecule has 50 heavy (non-hydrogen) atoms. The molecule has 4 heterocycles. The van der Waals surface area contributed by atoms with Gasteiger partial charge in [-0.05, 0) is 114 Å². The van der Waals surface area contributed by atoms with E-state index >= 15 is 0 Å². The van der Waals surface area contributed by atoms with Gasteiger partial charge in [-0.15, -0.1) is 11.3 Å². The van der Waals surface area contributed by atoms with Crippen molar-refractivity contribution in [2.45, 2.75) is 0 Å². The van der Waals surface area contributed by atoms with E-state index in [9.17, 15) is 0 Å². The molecule has 0 radical (unpaired) electrons. The van der Waals surface area contributed by atoms with Crippen molar-refractivity contribution in [3.63, 3.8) is 0 Å². The molecule has 236 valence electrons. The van der Waals surface area contributed by atoms with Crippen LogP contribution in [0.2, 0.25) is 0 Å². The van der Waals surface area contributed by atoms with E-state index in [0.717, 1.165) is 61.5 Å². The molecule has 0 spiro atoms. The lowest BCUT2D eigenvalue weighted by molar-refractivity contribution is 0.619. The van der Waals surface area contributed by atoms with E-state index < -0.39 is 0 Å². The summed E-state index contributed by atoms with van der Waals surface area (Å²) in [4.78, 5) is 16.3. The summed E-state index contributed by atoms with van der Waals surface area (Å²) in [6.45, 7) is 0. The van der Waals surface area contributed by atoms with E-state index in [-0.39, 0.29) is 0 Å². The Morgan fingerprint density at radius 1 is 0.460 bits per heavy atom. The predicted octanol–water partition coefficient (Wildman–Crippen LogP) is 12.2. The number of rotatable bonds is 6. The van der Waals surface area contributed by atoms with E-state index in [1.807, 2.05) is 60.8 Å². The van der Waals surface area contributed by atoms with Gasteiger partial charge in [0.1, 0.15) is 11.0 Å². The van der Waals surface area contributed by atoms with E-state index in [0.29, 0.717) is 11.8 Å². The first-order chi connectivity index (χ1) is 24.7. The highest BCUT2D eigenvalue weighted by Gasteiger charge is 2.16. The largest absolute Gasteiger partial charge is 0.436 e. The first-order valence-electron chi connectivity index (χ1n) is 16.3. The summed E-state index contributed by atoms with van der Waals surface area (Å²) < 4.78 is 14.6. The number of fused-ring (bicyclic) bond motifs is 5. The van der Waals surface area contributed by atoms with Crippen molar-refractivity contribution < 1.29 is 8.83 Å². The monoisotopic (exact) mass is 662 g/mol. The molecular weight excluding hydrogens is 637 g/mol. The quantitative estimate of drug-likeness (QED) is 0.176. The third-order valence-corrected chi connectivity index (χ3v) is 10.1. The minimum Gasteiger partial charge on any atom is -0.436 e. The van der Waals surface area contributed by atoms with Crippen LogP contribution in [-0.2, 0) is 0 Å². The summed E-state index contributed by atoms with van der Waals surface area (Å²) in [6.07, 6.45) is 1.86. The number of aromatic nitrogens is 3. The van der Waals surface area contributed by atoms with Crippen LogP contribution in [0.3, 0.4) is 0 Å². The van der Waals surface area contributed by atoms with E-state index in [2.05, 4.69) is 107 Å². The number of hydrogen-bond acceptors (Lipinski definition) is 7. The van der Waals surface area contributed by atoms with E-state index in [1.54, 1.807) is 11.3 Å². The maximum absolute atomic E-state index is 6.06. The molecule has 0 saturated carbocycles. The number of anilines is 3. The van der Waals surface area contributed by atoms with Crippen LogP contribution >= 0.6 is 11.3 Å². The molecule has 0 atom stereocenters. The minimum atomic E-state index is 0.600. The number of pyridine rings is 1. The second-order valence-electron chi connectivity index (χ2n) is 12.1. The second-order valence-corrected chi connectivity index (χ2v) is 13.2. The fraction of sp³-hybridized carbons (Fsp3) is 0. The number of nitrogens with zero attached hydrogens (tertiary/aromatic N) is 4. The Bertz CT molecular complexity index is 2630. The zero-order chi connectivity index (χ0) is 33.0. The summed E-state index contributed by atoms with van der Waals surface area (Å²) in [6, 6.07) is 51.8. The molecule has 0 saturated heterocycles. The van der Waals surface area contributed by atoms with Crippen LogP contribution in [0.4, 0.5) is 17.1 Å². The summed E-state index contributed by atoms with van der Waals surface area (Å²) >= 11 is 1.78. The summed E-state index contributed by atoms with van der Waals surface area (Å²) in [5, 5.41) is 1.19. The van der Waals surface area contributed by atoms with Crippen LogP contribution < -0.4 is 4.90 Å². The zero-order valence-electron chi connectivity index (χ0n) is 26.5. The molecule has 0 N–H and O–H groups in total. The van der Waals surface area contributed by atoms with Gasteiger partial charge in [-0.1, -0.05) is 48.5 Å². The van der Waals surface area contributed by atoms with Crippen molar-refractivity contribution in [1.82, 2.24) is 15.0 Å². The number of oxazole rings is 2. The Hall–Kier alpha value is -6.57. The van der Waals surface area contributed by atoms with Gasteiger partial charge in [-0.2, -0.15) is 0 Å². The van der Waals surface area contributed by atoms with Gasteiger partial charge in [0, 0.05) is 44.5 Å². The van der Waals surface area contributed by atoms with E-state index in [4.69, 9.17) is 18.8 Å². The SMILES string of the molecule is c1ccc2oc(-c3ccc(N(c4ccc(-c5ccc6c(c5)sc5cccnc56)cc4)c4ccc(-c5nc6ccccc6o5)cc4)cc3)nc2c1. The standard InChI is InChI=1S/C43H26N4O2S/c1-3-8-37-35(6-1)45-42(48-37)28-13-20-32(21-14-28)47(33-22-15-29(16-23-33)43-46-36-7-2-4-9-38(36)49-43)31-18-11-27(12-19-31)30-17-24-34-40(26-30)50-39-10-5-25-44-41(34)39/h1-26H. The van der Waals surface area contributed by atoms with Crippen LogP contribution in [0, 0.1) is 0 Å². The van der Waals surface area contributed by atoms with Gasteiger partial charge in [0.15, 0.2) is 11.2 Å². The molecule has 0 amide bonds. The van der Waals surface area contributed by atoms with Crippen molar-refractivity contribution in [2.24, 2.45) is 0 Å². The van der Waals surface area contributed by atoms with Gasteiger partial charge in [0.25, 0.3) is 0 Å². The molecule has 0 aliphatic rings. The molecule has 6 nitrogen and oxygen atoms in total. The first-order valence-corrected chi connectivity index (χ1v) is 17.2. The number of para-hydroxylation sites is 4. The highest BCUT2D eigenvalue weighted by Crippen LogP contribution is 2.39.